The predicted molar refractivity (Wildman–Crippen MR) is 84.6 cm³/mol. The van der Waals surface area contributed by atoms with Crippen LogP contribution < -0.4 is 4.74 Å². The average molecular weight is 368 g/mol. The molecule has 1 aromatic rings. The van der Waals surface area contributed by atoms with E-state index in [1.54, 1.807) is 6.07 Å². The molecular formula is C13H18ClNO5S2. The summed E-state index contributed by atoms with van der Waals surface area (Å²) in [5, 5.41) is -0.189. The normalized spacial score (nSPS) is 18.3. The Balaban J connectivity index is 2.28. The van der Waals surface area contributed by atoms with Crippen molar-refractivity contribution in [2.75, 3.05) is 26.5 Å². The fraction of sp³-hybridized carbons (Fsp3) is 0.538. The molecule has 1 heterocycles. The number of piperidine rings is 1. The Morgan fingerprint density at radius 1 is 1.18 bits per heavy atom. The molecule has 1 fully saturated rings. The minimum atomic E-state index is -3.77. The first-order valence-corrected chi connectivity index (χ1v) is 10.5. The molecule has 22 heavy (non-hydrogen) atoms. The Morgan fingerprint density at radius 3 is 2.27 bits per heavy atom. The maximum Gasteiger partial charge on any atom is 0.246 e. The molecule has 124 valence electrons. The SMILES string of the molecule is COc1ccc(Cl)cc1S(=O)(=O)N1CCC(S(C)(=O)=O)CC1. The van der Waals surface area contributed by atoms with Crippen molar-refractivity contribution in [1.29, 1.82) is 0 Å². The second-order valence-corrected chi connectivity index (χ2v) is 9.90. The highest BCUT2D eigenvalue weighted by atomic mass is 35.5. The van der Waals surface area contributed by atoms with E-state index < -0.39 is 25.1 Å². The fourth-order valence-electron chi connectivity index (χ4n) is 2.49. The largest absolute Gasteiger partial charge is 0.495 e. The molecule has 0 bridgehead atoms. The quantitative estimate of drug-likeness (QED) is 0.806. The fourth-order valence-corrected chi connectivity index (χ4v) is 5.45. The molecule has 0 spiro atoms. The van der Waals surface area contributed by atoms with Gasteiger partial charge < -0.3 is 4.74 Å². The third kappa shape index (κ3) is 3.56. The molecule has 0 amide bonds. The van der Waals surface area contributed by atoms with E-state index in [0.29, 0.717) is 17.9 Å². The van der Waals surface area contributed by atoms with E-state index >= 15 is 0 Å². The number of ether oxygens (including phenoxy) is 1. The first kappa shape index (κ1) is 17.5. The lowest BCUT2D eigenvalue weighted by Gasteiger charge is -2.30. The zero-order valence-electron chi connectivity index (χ0n) is 12.3. The molecule has 0 unspecified atom stereocenters. The molecule has 0 aromatic heterocycles. The summed E-state index contributed by atoms with van der Waals surface area (Å²) >= 11 is 5.88. The average Bonchev–Trinajstić information content (AvgIpc) is 2.46. The third-order valence-corrected chi connectivity index (χ3v) is 7.59. The Bertz CT molecular complexity index is 753. The lowest BCUT2D eigenvalue weighted by molar-refractivity contribution is 0.342. The van der Waals surface area contributed by atoms with Crippen LogP contribution in [0, 0.1) is 0 Å². The van der Waals surface area contributed by atoms with E-state index in [1.807, 2.05) is 0 Å². The molecular weight excluding hydrogens is 350 g/mol. The second kappa shape index (κ2) is 6.35. The van der Waals surface area contributed by atoms with E-state index in [0.717, 1.165) is 0 Å². The number of methoxy groups -OCH3 is 1. The maximum absolute atomic E-state index is 12.7. The number of sulfonamides is 1. The van der Waals surface area contributed by atoms with E-state index in [4.69, 9.17) is 16.3 Å². The standard InChI is InChI=1S/C13H18ClNO5S2/c1-20-12-4-3-10(14)9-13(12)22(18,19)15-7-5-11(6-8-15)21(2,16)17/h3-4,9,11H,5-8H2,1-2H3. The zero-order valence-corrected chi connectivity index (χ0v) is 14.7. The van der Waals surface area contributed by atoms with Gasteiger partial charge in [-0.2, -0.15) is 4.31 Å². The van der Waals surface area contributed by atoms with Crippen molar-refractivity contribution in [3.05, 3.63) is 23.2 Å². The summed E-state index contributed by atoms with van der Waals surface area (Å²) in [5.74, 6) is 0.217. The first-order valence-electron chi connectivity index (χ1n) is 6.69. The zero-order chi connectivity index (χ0) is 16.5. The number of nitrogens with zero attached hydrogens (tertiary/aromatic N) is 1. The molecule has 1 saturated heterocycles. The Kier molecular flexibility index (Phi) is 5.06. The van der Waals surface area contributed by atoms with Crippen molar-refractivity contribution < 1.29 is 21.6 Å². The molecule has 0 radical (unpaired) electrons. The predicted octanol–water partition coefficient (Wildman–Crippen LogP) is 1.55. The number of sulfone groups is 1. The van der Waals surface area contributed by atoms with Crippen LogP contribution in [0.25, 0.3) is 0 Å². The van der Waals surface area contributed by atoms with Gasteiger partial charge >= 0.3 is 0 Å². The summed E-state index contributed by atoms with van der Waals surface area (Å²) in [6.07, 6.45) is 1.77. The van der Waals surface area contributed by atoms with Crippen LogP contribution in [0.4, 0.5) is 0 Å². The van der Waals surface area contributed by atoms with Crippen molar-refractivity contribution in [2.24, 2.45) is 0 Å². The highest BCUT2D eigenvalue weighted by Crippen LogP contribution is 2.31. The smallest absolute Gasteiger partial charge is 0.246 e. The lowest BCUT2D eigenvalue weighted by Crippen LogP contribution is -2.42. The minimum Gasteiger partial charge on any atom is -0.495 e. The van der Waals surface area contributed by atoms with Gasteiger partial charge in [-0.15, -0.1) is 0 Å². The first-order chi connectivity index (χ1) is 10.2. The second-order valence-electron chi connectivity index (χ2n) is 5.23. The Labute approximate surface area is 136 Å². The van der Waals surface area contributed by atoms with Gasteiger partial charge in [0.05, 0.1) is 12.4 Å². The summed E-state index contributed by atoms with van der Waals surface area (Å²) in [7, 11) is -5.53. The van der Waals surface area contributed by atoms with Crippen LogP contribution in [-0.2, 0) is 19.9 Å². The summed E-state index contributed by atoms with van der Waals surface area (Å²) < 4.78 is 54.9. The van der Waals surface area contributed by atoms with Crippen molar-refractivity contribution in [2.45, 2.75) is 23.0 Å². The summed E-state index contributed by atoms with van der Waals surface area (Å²) in [6.45, 7) is 0.325. The van der Waals surface area contributed by atoms with Crippen molar-refractivity contribution in [3.63, 3.8) is 0 Å². The summed E-state index contributed by atoms with van der Waals surface area (Å²) in [4.78, 5) is 0.000283. The van der Waals surface area contributed by atoms with Crippen LogP contribution in [0.3, 0.4) is 0 Å². The van der Waals surface area contributed by atoms with Gasteiger partial charge in [-0.05, 0) is 31.0 Å². The number of halogens is 1. The van der Waals surface area contributed by atoms with Crippen molar-refractivity contribution >= 4 is 31.5 Å². The van der Waals surface area contributed by atoms with Crippen LogP contribution in [0.2, 0.25) is 5.02 Å². The molecule has 1 aliphatic heterocycles. The molecule has 0 aliphatic carbocycles. The maximum atomic E-state index is 12.7. The van der Waals surface area contributed by atoms with Gasteiger partial charge in [0.2, 0.25) is 10.0 Å². The molecule has 0 N–H and O–H groups in total. The third-order valence-electron chi connectivity index (χ3n) is 3.75. The van der Waals surface area contributed by atoms with E-state index in [2.05, 4.69) is 0 Å². The Hall–Kier alpha value is -0.830. The molecule has 1 aliphatic rings. The molecule has 1 aromatic carbocycles. The topological polar surface area (TPSA) is 80.8 Å². The van der Waals surface area contributed by atoms with Crippen LogP contribution in [0.1, 0.15) is 12.8 Å². The van der Waals surface area contributed by atoms with Crippen LogP contribution in [-0.4, -0.2) is 52.8 Å². The van der Waals surface area contributed by atoms with Gasteiger partial charge in [0.1, 0.15) is 20.5 Å². The van der Waals surface area contributed by atoms with Crippen LogP contribution in [0.5, 0.6) is 5.75 Å². The summed E-state index contributed by atoms with van der Waals surface area (Å²) in [5.41, 5.74) is 0. The van der Waals surface area contributed by atoms with Crippen molar-refractivity contribution in [3.8, 4) is 5.75 Å². The van der Waals surface area contributed by atoms with Gasteiger partial charge in [-0.1, -0.05) is 11.6 Å². The number of rotatable bonds is 4. The molecule has 6 nitrogen and oxygen atoms in total. The Morgan fingerprint density at radius 2 is 1.77 bits per heavy atom. The lowest BCUT2D eigenvalue weighted by atomic mass is 10.2. The monoisotopic (exact) mass is 367 g/mol. The van der Waals surface area contributed by atoms with Gasteiger partial charge in [0.25, 0.3) is 0 Å². The highest BCUT2D eigenvalue weighted by Gasteiger charge is 2.34. The van der Waals surface area contributed by atoms with E-state index in [-0.39, 0.29) is 23.7 Å². The van der Waals surface area contributed by atoms with E-state index in [1.165, 1.54) is 29.8 Å². The molecule has 9 heteroatoms. The minimum absolute atomic E-state index is 0.000283. The molecule has 0 atom stereocenters. The highest BCUT2D eigenvalue weighted by molar-refractivity contribution is 7.91. The van der Waals surface area contributed by atoms with Crippen molar-refractivity contribution in [1.82, 2.24) is 4.31 Å². The number of benzene rings is 1. The van der Waals surface area contributed by atoms with Gasteiger partial charge in [0, 0.05) is 24.4 Å². The van der Waals surface area contributed by atoms with Gasteiger partial charge in [0.15, 0.2) is 0 Å². The number of hydrogen-bond donors (Lipinski definition) is 0. The van der Waals surface area contributed by atoms with Gasteiger partial charge in [-0.3, -0.25) is 0 Å². The molecule has 0 saturated carbocycles. The van der Waals surface area contributed by atoms with Crippen LogP contribution in [0.15, 0.2) is 23.1 Å². The number of hydrogen-bond acceptors (Lipinski definition) is 5. The van der Waals surface area contributed by atoms with E-state index in [9.17, 15) is 16.8 Å². The van der Waals surface area contributed by atoms with Gasteiger partial charge in [-0.25, -0.2) is 16.8 Å². The summed E-state index contributed by atoms with van der Waals surface area (Å²) in [6, 6.07) is 4.39. The molecule has 2 rings (SSSR count). The van der Waals surface area contributed by atoms with Crippen LogP contribution >= 0.6 is 11.6 Å².